The van der Waals surface area contributed by atoms with Gasteiger partial charge in [0, 0.05) is 29.0 Å². The zero-order valence-electron chi connectivity index (χ0n) is 20.9. The lowest BCUT2D eigenvalue weighted by molar-refractivity contribution is -0.275. The van der Waals surface area contributed by atoms with Crippen LogP contribution in [0.15, 0.2) is 47.6 Å². The summed E-state index contributed by atoms with van der Waals surface area (Å²) in [6.45, 7) is 7.52. The maximum atomic E-state index is 12.9. The number of nitrogens with zero attached hydrogens (tertiary/aromatic N) is 2. The number of alkyl halides is 3. The van der Waals surface area contributed by atoms with Gasteiger partial charge >= 0.3 is 6.36 Å². The molecule has 1 unspecified atom stereocenters. The molecule has 1 aliphatic heterocycles. The van der Waals surface area contributed by atoms with Crippen LogP contribution in [0, 0.1) is 11.3 Å². The van der Waals surface area contributed by atoms with E-state index in [4.69, 9.17) is 4.74 Å². The van der Waals surface area contributed by atoms with Gasteiger partial charge < -0.3 is 14.8 Å². The molecule has 1 heterocycles. The maximum absolute atomic E-state index is 12.9. The molecule has 0 aliphatic carbocycles. The van der Waals surface area contributed by atoms with Crippen LogP contribution in [0.5, 0.6) is 11.5 Å². The van der Waals surface area contributed by atoms with Crippen LogP contribution in [-0.4, -0.2) is 36.0 Å². The summed E-state index contributed by atoms with van der Waals surface area (Å²) >= 11 is 0. The van der Waals surface area contributed by atoms with Crippen LogP contribution in [0.2, 0.25) is 0 Å². The highest BCUT2D eigenvalue weighted by atomic mass is 19.4. The fraction of sp³-hybridized carbons (Fsp3) is 0.423. The number of carbonyl (C=O) groups is 2. The number of benzene rings is 2. The molecule has 10 heteroatoms. The lowest BCUT2D eigenvalue weighted by Gasteiger charge is -2.29. The molecule has 7 nitrogen and oxygen atoms in total. The summed E-state index contributed by atoms with van der Waals surface area (Å²) in [5, 5.41) is 8.69. The molecule has 194 valence electrons. The Morgan fingerprint density at radius 2 is 1.78 bits per heavy atom. The Hall–Kier alpha value is -3.56. The zero-order chi connectivity index (χ0) is 26.7. The van der Waals surface area contributed by atoms with E-state index in [9.17, 15) is 22.8 Å². The van der Waals surface area contributed by atoms with E-state index in [1.807, 2.05) is 27.7 Å². The highest BCUT2D eigenvalue weighted by Crippen LogP contribution is 2.35. The van der Waals surface area contributed by atoms with E-state index in [2.05, 4.69) is 15.2 Å². The van der Waals surface area contributed by atoms with Crippen LogP contribution in [-0.2, 0) is 16.1 Å². The van der Waals surface area contributed by atoms with E-state index in [0.717, 1.165) is 5.56 Å². The van der Waals surface area contributed by atoms with Crippen LogP contribution >= 0.6 is 0 Å². The molecule has 0 saturated carbocycles. The van der Waals surface area contributed by atoms with Gasteiger partial charge in [-0.1, -0.05) is 39.8 Å². The van der Waals surface area contributed by atoms with Gasteiger partial charge in [0.1, 0.15) is 0 Å². The predicted octanol–water partition coefficient (Wildman–Crippen LogP) is 5.74. The highest BCUT2D eigenvalue weighted by Gasteiger charge is 2.34. The number of rotatable bonds is 7. The minimum absolute atomic E-state index is 0.0629. The number of hydrogen-bond acceptors (Lipinski definition) is 5. The molecule has 2 amide bonds. The van der Waals surface area contributed by atoms with Crippen LogP contribution in [0.25, 0.3) is 0 Å². The number of hydrazone groups is 1. The lowest BCUT2D eigenvalue weighted by atomic mass is 9.89. The molecule has 0 fully saturated rings. The van der Waals surface area contributed by atoms with Gasteiger partial charge in [0.15, 0.2) is 11.5 Å². The van der Waals surface area contributed by atoms with E-state index in [1.54, 1.807) is 30.3 Å². The normalized spacial score (nSPS) is 16.4. The van der Waals surface area contributed by atoms with E-state index in [0.29, 0.717) is 23.4 Å². The van der Waals surface area contributed by atoms with Crippen molar-refractivity contribution in [2.24, 2.45) is 16.4 Å². The Balaban J connectivity index is 1.86. The van der Waals surface area contributed by atoms with Crippen molar-refractivity contribution in [2.45, 2.75) is 53.4 Å². The van der Waals surface area contributed by atoms with Crippen molar-refractivity contribution >= 4 is 23.2 Å². The third kappa shape index (κ3) is 6.77. The first-order valence-electron chi connectivity index (χ1n) is 11.5. The Morgan fingerprint density at radius 1 is 1.11 bits per heavy atom. The summed E-state index contributed by atoms with van der Waals surface area (Å²) in [4.78, 5) is 25.0. The van der Waals surface area contributed by atoms with Crippen molar-refractivity contribution in [1.29, 1.82) is 0 Å². The zero-order valence-corrected chi connectivity index (χ0v) is 20.9. The van der Waals surface area contributed by atoms with Gasteiger partial charge in [-0.05, 0) is 42.3 Å². The third-order valence-corrected chi connectivity index (χ3v) is 5.73. The average molecular weight is 506 g/mol. The number of amides is 2. The van der Waals surface area contributed by atoms with Crippen molar-refractivity contribution in [3.8, 4) is 11.5 Å². The van der Waals surface area contributed by atoms with Gasteiger partial charge in [0.25, 0.3) is 0 Å². The Bertz CT molecular complexity index is 1140. The molecule has 0 radical (unpaired) electrons. The SMILES string of the molecule is CCC1CC(=O)N(Cc2ccc(NC(=O)C(C)(C)C)cc2)N=C1c1ccc(OC)c(OC(F)(F)F)c1. The molecule has 1 atom stereocenters. The standard InChI is InChI=1S/C26H30F3N3O4/c1-6-17-14-22(33)32(15-16-7-10-19(11-8-16)30-24(34)25(2,3)4)31-23(17)18-9-12-20(35-5)21(13-18)36-26(27,28)29/h7-13,17H,6,14-15H2,1-5H3,(H,30,34). The second-order valence-corrected chi connectivity index (χ2v) is 9.56. The second kappa shape index (κ2) is 10.6. The van der Waals surface area contributed by atoms with E-state index in [-0.39, 0.29) is 36.4 Å². The molecule has 2 aromatic carbocycles. The topological polar surface area (TPSA) is 80.2 Å². The molecule has 0 spiro atoms. The van der Waals surface area contributed by atoms with Gasteiger partial charge in [-0.15, -0.1) is 13.2 Å². The molecule has 1 aliphatic rings. The summed E-state index contributed by atoms with van der Waals surface area (Å²) in [5.74, 6) is -1.09. The lowest BCUT2D eigenvalue weighted by Crippen LogP contribution is -2.36. The molecular weight excluding hydrogens is 475 g/mol. The highest BCUT2D eigenvalue weighted by molar-refractivity contribution is 6.06. The molecule has 3 rings (SSSR count). The molecule has 2 aromatic rings. The minimum atomic E-state index is -4.88. The Kier molecular flexibility index (Phi) is 7.96. The first kappa shape index (κ1) is 27.0. The number of anilines is 1. The van der Waals surface area contributed by atoms with Crippen molar-refractivity contribution in [3.63, 3.8) is 0 Å². The van der Waals surface area contributed by atoms with Gasteiger partial charge in [-0.2, -0.15) is 5.10 Å². The maximum Gasteiger partial charge on any atom is 0.573 e. The monoisotopic (exact) mass is 505 g/mol. The van der Waals surface area contributed by atoms with Crippen LogP contribution in [0.4, 0.5) is 18.9 Å². The first-order valence-corrected chi connectivity index (χ1v) is 11.5. The third-order valence-electron chi connectivity index (χ3n) is 5.73. The summed E-state index contributed by atoms with van der Waals surface area (Å²) in [5.41, 5.74) is 1.80. The fourth-order valence-electron chi connectivity index (χ4n) is 3.66. The van der Waals surface area contributed by atoms with Crippen molar-refractivity contribution in [2.75, 3.05) is 12.4 Å². The van der Waals surface area contributed by atoms with Gasteiger partial charge in [0.05, 0.1) is 19.4 Å². The summed E-state index contributed by atoms with van der Waals surface area (Å²) < 4.78 is 47.8. The quantitative estimate of drug-likeness (QED) is 0.520. The number of hydrogen-bond donors (Lipinski definition) is 1. The second-order valence-electron chi connectivity index (χ2n) is 9.56. The fourth-order valence-corrected chi connectivity index (χ4v) is 3.66. The largest absolute Gasteiger partial charge is 0.573 e. The number of carbonyl (C=O) groups excluding carboxylic acids is 2. The summed E-state index contributed by atoms with van der Waals surface area (Å²) in [7, 11) is 1.26. The molecular formula is C26H30F3N3O4. The van der Waals surface area contributed by atoms with Crippen LogP contribution in [0.1, 0.15) is 51.7 Å². The Labute approximate surface area is 208 Å². The van der Waals surface area contributed by atoms with E-state index < -0.39 is 17.5 Å². The molecule has 0 saturated heterocycles. The smallest absolute Gasteiger partial charge is 0.493 e. The van der Waals surface area contributed by atoms with E-state index >= 15 is 0 Å². The molecule has 36 heavy (non-hydrogen) atoms. The Morgan fingerprint density at radius 3 is 2.33 bits per heavy atom. The van der Waals surface area contributed by atoms with E-state index in [1.165, 1.54) is 24.3 Å². The van der Waals surface area contributed by atoms with Gasteiger partial charge in [-0.3, -0.25) is 9.59 Å². The van der Waals surface area contributed by atoms with Crippen LogP contribution in [0.3, 0.4) is 0 Å². The minimum Gasteiger partial charge on any atom is -0.493 e. The number of ether oxygens (including phenoxy) is 2. The van der Waals surface area contributed by atoms with Crippen LogP contribution < -0.4 is 14.8 Å². The summed E-state index contributed by atoms with van der Waals surface area (Å²) in [6.07, 6.45) is -4.12. The summed E-state index contributed by atoms with van der Waals surface area (Å²) in [6, 6.07) is 11.3. The van der Waals surface area contributed by atoms with Crippen molar-refractivity contribution < 1.29 is 32.2 Å². The van der Waals surface area contributed by atoms with Crippen molar-refractivity contribution in [3.05, 3.63) is 53.6 Å². The number of halogens is 3. The van der Waals surface area contributed by atoms with Crippen molar-refractivity contribution in [1.82, 2.24) is 5.01 Å². The number of methoxy groups -OCH3 is 1. The van der Waals surface area contributed by atoms with Gasteiger partial charge in [0.2, 0.25) is 11.8 Å². The number of nitrogens with one attached hydrogen (secondary N) is 1. The van der Waals surface area contributed by atoms with Gasteiger partial charge in [-0.25, -0.2) is 5.01 Å². The molecule has 0 bridgehead atoms. The molecule has 1 N–H and O–H groups in total. The molecule has 0 aromatic heterocycles. The predicted molar refractivity (Wildman–Crippen MR) is 130 cm³/mol. The first-order chi connectivity index (χ1) is 16.8. The average Bonchev–Trinajstić information content (AvgIpc) is 2.79.